The lowest BCUT2D eigenvalue weighted by atomic mass is 10.0. The van der Waals surface area contributed by atoms with Crippen LogP contribution >= 0.6 is 0 Å². The van der Waals surface area contributed by atoms with Crippen LogP contribution in [0.4, 0.5) is 26.1 Å². The minimum atomic E-state index is -0.799. The number of halogens is 2. The molecule has 40 heavy (non-hydrogen) atoms. The summed E-state index contributed by atoms with van der Waals surface area (Å²) in [5.41, 5.74) is 6.18. The van der Waals surface area contributed by atoms with Gasteiger partial charge in [-0.15, -0.1) is 5.10 Å². The molecule has 2 N–H and O–H groups in total. The van der Waals surface area contributed by atoms with Gasteiger partial charge in [-0.3, -0.25) is 10.1 Å². The van der Waals surface area contributed by atoms with Crippen LogP contribution in [0.5, 0.6) is 0 Å². The van der Waals surface area contributed by atoms with Gasteiger partial charge >= 0.3 is 11.9 Å². The highest BCUT2D eigenvalue weighted by atomic mass is 19.1. The first kappa shape index (κ1) is 26.5. The summed E-state index contributed by atoms with van der Waals surface area (Å²) in [5, 5.41) is 15.0. The summed E-state index contributed by atoms with van der Waals surface area (Å²) in [5.74, 6) is -2.55. The van der Waals surface area contributed by atoms with E-state index in [0.29, 0.717) is 0 Å². The highest BCUT2D eigenvalue weighted by Crippen LogP contribution is 2.39. The first-order chi connectivity index (χ1) is 19.2. The number of carbonyl (C=O) groups excluding carboxylic acids is 2. The van der Waals surface area contributed by atoms with Gasteiger partial charge in [-0.25, -0.2) is 27.9 Å². The molecule has 1 aliphatic rings. The summed E-state index contributed by atoms with van der Waals surface area (Å²) in [4.78, 5) is 41.7. The van der Waals surface area contributed by atoms with E-state index in [1.807, 2.05) is 0 Å². The van der Waals surface area contributed by atoms with Gasteiger partial charge in [0.25, 0.3) is 5.69 Å². The number of anilines is 2. The van der Waals surface area contributed by atoms with E-state index in [4.69, 9.17) is 15.2 Å². The Balaban J connectivity index is 1.49. The Hall–Kier alpha value is -5.14. The van der Waals surface area contributed by atoms with Crippen LogP contribution in [0.3, 0.4) is 0 Å². The Labute approximate surface area is 225 Å². The molecule has 1 unspecified atom stereocenters. The van der Waals surface area contributed by atoms with Crippen molar-refractivity contribution in [3.63, 3.8) is 0 Å². The molecule has 0 aliphatic carbocycles. The van der Waals surface area contributed by atoms with Gasteiger partial charge in [-0.05, 0) is 37.3 Å². The van der Waals surface area contributed by atoms with Crippen molar-refractivity contribution in [2.24, 2.45) is 0 Å². The summed E-state index contributed by atoms with van der Waals surface area (Å²) < 4.78 is 41.1. The normalized spacial score (nSPS) is 16.7. The number of fused-ring (bicyclic) bond motifs is 1. The average Bonchev–Trinajstić information content (AvgIpc) is 3.49. The van der Waals surface area contributed by atoms with Crippen LogP contribution in [0.2, 0.25) is 0 Å². The number of benzene rings is 2. The second-order valence-electron chi connectivity index (χ2n) is 8.96. The summed E-state index contributed by atoms with van der Waals surface area (Å²) >= 11 is 0. The molecule has 4 aromatic rings. The predicted octanol–water partition coefficient (Wildman–Crippen LogP) is 3.85. The van der Waals surface area contributed by atoms with E-state index in [1.165, 1.54) is 41.2 Å². The number of ether oxygens (including phenoxy) is 2. The third kappa shape index (κ3) is 4.98. The van der Waals surface area contributed by atoms with Crippen molar-refractivity contribution < 1.29 is 32.8 Å². The summed E-state index contributed by atoms with van der Waals surface area (Å²) in [7, 11) is 0. The van der Waals surface area contributed by atoms with Gasteiger partial charge in [0, 0.05) is 30.2 Å². The highest BCUT2D eigenvalue weighted by Gasteiger charge is 2.38. The van der Waals surface area contributed by atoms with Crippen molar-refractivity contribution in [1.29, 1.82) is 0 Å². The fourth-order valence-corrected chi connectivity index (χ4v) is 4.67. The number of nitrogen functional groups attached to an aromatic ring is 1. The molecule has 12 nitrogen and oxygen atoms in total. The van der Waals surface area contributed by atoms with Gasteiger partial charge < -0.3 is 20.1 Å². The number of non-ortho nitro benzene ring substituents is 1. The fourth-order valence-electron chi connectivity index (χ4n) is 4.67. The third-order valence-corrected chi connectivity index (χ3v) is 6.48. The van der Waals surface area contributed by atoms with Crippen LogP contribution < -0.4 is 10.6 Å². The summed E-state index contributed by atoms with van der Waals surface area (Å²) in [6, 6.07) is 8.68. The lowest BCUT2D eigenvalue weighted by molar-refractivity contribution is -0.384. The fraction of sp³-hybridized carbons (Fsp3) is 0.231. The minimum Gasteiger partial charge on any atom is -0.462 e. The van der Waals surface area contributed by atoms with Crippen molar-refractivity contribution >= 4 is 34.8 Å². The predicted molar refractivity (Wildman–Crippen MR) is 137 cm³/mol. The number of nitro groups is 1. The van der Waals surface area contributed by atoms with Crippen LogP contribution in [-0.2, 0) is 9.47 Å². The molecular formula is C26H22F2N6O6. The van der Waals surface area contributed by atoms with Crippen molar-refractivity contribution in [3.05, 3.63) is 93.3 Å². The van der Waals surface area contributed by atoms with Crippen molar-refractivity contribution in [2.75, 3.05) is 23.8 Å². The number of aromatic nitrogens is 3. The molecule has 2 aromatic carbocycles. The third-order valence-electron chi connectivity index (χ3n) is 6.48. The number of nitro benzene ring substituents is 1. The van der Waals surface area contributed by atoms with Gasteiger partial charge in [0.15, 0.2) is 5.82 Å². The number of rotatable bonds is 7. The van der Waals surface area contributed by atoms with Gasteiger partial charge in [-0.1, -0.05) is 0 Å². The Bertz CT molecular complexity index is 1630. The SMILES string of the molecule is CCOC(=O)c1c(N)nn2cnc(N3C[C@@H](OC(=O)c4ccc([N+](=O)[O-])cc4)CC3c3cc(F)ccc3F)cc12. The van der Waals surface area contributed by atoms with Crippen LogP contribution in [0.1, 0.15) is 45.7 Å². The second-order valence-corrected chi connectivity index (χ2v) is 8.96. The maximum atomic E-state index is 14.9. The first-order valence-corrected chi connectivity index (χ1v) is 12.1. The average molecular weight is 552 g/mol. The molecule has 1 saturated heterocycles. The topological polar surface area (TPSA) is 155 Å². The van der Waals surface area contributed by atoms with Gasteiger partial charge in [0.1, 0.15) is 35.4 Å². The van der Waals surface area contributed by atoms with E-state index in [1.54, 1.807) is 11.8 Å². The number of nitrogens with zero attached hydrogens (tertiary/aromatic N) is 5. The molecule has 0 spiro atoms. The monoisotopic (exact) mass is 552 g/mol. The Morgan fingerprint density at radius 2 is 1.90 bits per heavy atom. The van der Waals surface area contributed by atoms with E-state index in [-0.39, 0.29) is 59.1 Å². The largest absolute Gasteiger partial charge is 0.462 e. The number of hydrogen-bond donors (Lipinski definition) is 1. The number of carbonyl (C=O) groups is 2. The van der Waals surface area contributed by atoms with Gasteiger partial charge in [0.2, 0.25) is 0 Å². The summed E-state index contributed by atoms with van der Waals surface area (Å²) in [6.45, 7) is 1.80. The molecule has 5 rings (SSSR count). The van der Waals surface area contributed by atoms with Gasteiger partial charge in [0.05, 0.1) is 35.2 Å². The number of esters is 2. The zero-order valence-corrected chi connectivity index (χ0v) is 21.0. The molecule has 0 radical (unpaired) electrons. The molecule has 0 amide bonds. The lowest BCUT2D eigenvalue weighted by Gasteiger charge is -2.26. The molecule has 2 atom stereocenters. The molecule has 206 valence electrons. The highest BCUT2D eigenvalue weighted by molar-refractivity contribution is 6.02. The van der Waals surface area contributed by atoms with Crippen molar-refractivity contribution in [3.8, 4) is 0 Å². The van der Waals surface area contributed by atoms with Crippen LogP contribution in [0, 0.1) is 21.7 Å². The molecule has 3 heterocycles. The van der Waals surface area contributed by atoms with Crippen LogP contribution in [-0.4, -0.2) is 50.7 Å². The smallest absolute Gasteiger partial charge is 0.344 e. The molecule has 0 bridgehead atoms. The van der Waals surface area contributed by atoms with Crippen molar-refractivity contribution in [2.45, 2.75) is 25.5 Å². The van der Waals surface area contributed by atoms with E-state index in [2.05, 4.69) is 10.1 Å². The zero-order valence-electron chi connectivity index (χ0n) is 21.0. The van der Waals surface area contributed by atoms with E-state index in [0.717, 1.165) is 18.2 Å². The second kappa shape index (κ2) is 10.6. The molecule has 1 fully saturated rings. The zero-order chi connectivity index (χ0) is 28.6. The number of hydrogen-bond acceptors (Lipinski definition) is 10. The first-order valence-electron chi connectivity index (χ1n) is 12.1. The molecular weight excluding hydrogens is 530 g/mol. The molecule has 2 aromatic heterocycles. The van der Waals surface area contributed by atoms with E-state index >= 15 is 0 Å². The quantitative estimate of drug-likeness (QED) is 0.203. The maximum absolute atomic E-state index is 14.9. The van der Waals surface area contributed by atoms with Crippen LogP contribution in [0.15, 0.2) is 54.9 Å². The van der Waals surface area contributed by atoms with Crippen molar-refractivity contribution in [1.82, 2.24) is 14.6 Å². The Morgan fingerprint density at radius 3 is 2.60 bits per heavy atom. The number of nitrogens with two attached hydrogens (primary N) is 1. The summed E-state index contributed by atoms with van der Waals surface area (Å²) in [6.07, 6.45) is 0.615. The molecule has 14 heteroatoms. The van der Waals surface area contributed by atoms with E-state index < -0.39 is 40.6 Å². The molecule has 1 aliphatic heterocycles. The Kier molecular flexibility index (Phi) is 6.98. The lowest BCUT2D eigenvalue weighted by Crippen LogP contribution is -2.27. The van der Waals surface area contributed by atoms with Gasteiger partial charge in [-0.2, -0.15) is 0 Å². The molecule has 0 saturated carbocycles. The standard InChI is InChI=1S/C26H22F2N6O6/c1-2-39-26(36)23-21-11-22(30-13-33(21)31-24(23)29)32-12-17(10-20(32)18-9-15(27)5-8-19(18)28)40-25(35)14-3-6-16(7-4-14)34(37)38/h3-9,11,13,17,20H,2,10,12H2,1H3,(H2,29,31)/t17-,20?/m0/s1. The Morgan fingerprint density at radius 1 is 1.15 bits per heavy atom. The van der Waals surface area contributed by atoms with E-state index in [9.17, 15) is 28.5 Å². The maximum Gasteiger partial charge on any atom is 0.344 e. The minimum absolute atomic E-state index is 0.0224. The van der Waals surface area contributed by atoms with Crippen LogP contribution in [0.25, 0.3) is 5.52 Å².